The van der Waals surface area contributed by atoms with E-state index >= 15 is 4.39 Å². The van der Waals surface area contributed by atoms with Gasteiger partial charge in [0.1, 0.15) is 11.3 Å². The van der Waals surface area contributed by atoms with Gasteiger partial charge in [-0.2, -0.15) is 5.10 Å². The number of aromatic nitrogens is 4. The summed E-state index contributed by atoms with van der Waals surface area (Å²) in [5.74, 6) is -0.0783. The van der Waals surface area contributed by atoms with Crippen LogP contribution in [0.1, 0.15) is 13.8 Å². The number of hydrogen-bond acceptors (Lipinski definition) is 4. The number of halogens is 2. The SMILES string of the molecule is CC(C)N(C)c1c(F)c(Cl)c(-c2ccc3nc(NC=O)cn3c2)c2cn[nH]c12. The topological polar surface area (TPSA) is 78.3 Å². The molecule has 0 radical (unpaired) electrons. The van der Waals surface area contributed by atoms with Crippen LogP contribution >= 0.6 is 11.6 Å². The Balaban J connectivity index is 1.95. The molecule has 144 valence electrons. The van der Waals surface area contributed by atoms with E-state index in [1.165, 1.54) is 0 Å². The molecule has 2 N–H and O–H groups in total. The maximum Gasteiger partial charge on any atom is 0.212 e. The van der Waals surface area contributed by atoms with Crippen molar-refractivity contribution in [2.24, 2.45) is 0 Å². The molecule has 0 fully saturated rings. The normalized spacial score (nSPS) is 11.5. The molecule has 3 heterocycles. The van der Waals surface area contributed by atoms with Crippen LogP contribution in [-0.2, 0) is 4.79 Å². The highest BCUT2D eigenvalue weighted by atomic mass is 35.5. The molecular formula is C19H18ClFN6O. The van der Waals surface area contributed by atoms with Crippen LogP contribution in [-0.4, -0.2) is 39.1 Å². The number of H-pyrrole nitrogens is 1. The van der Waals surface area contributed by atoms with Gasteiger partial charge in [-0.05, 0) is 26.0 Å². The van der Waals surface area contributed by atoms with Crippen LogP contribution in [0.3, 0.4) is 0 Å². The smallest absolute Gasteiger partial charge is 0.212 e. The molecule has 0 aliphatic rings. The average Bonchev–Trinajstić information content (AvgIpc) is 3.28. The van der Waals surface area contributed by atoms with Gasteiger partial charge in [0.15, 0.2) is 11.6 Å². The number of fused-ring (bicyclic) bond motifs is 2. The van der Waals surface area contributed by atoms with Gasteiger partial charge in [-0.15, -0.1) is 0 Å². The van der Waals surface area contributed by atoms with Crippen molar-refractivity contribution in [2.75, 3.05) is 17.3 Å². The second kappa shape index (κ2) is 6.79. The number of carbonyl (C=O) groups is 1. The van der Waals surface area contributed by atoms with Crippen LogP contribution in [0.4, 0.5) is 15.9 Å². The largest absolute Gasteiger partial charge is 0.368 e. The lowest BCUT2D eigenvalue weighted by molar-refractivity contribution is -0.105. The number of carbonyl (C=O) groups excluding carboxylic acids is 1. The molecule has 0 unspecified atom stereocenters. The second-order valence-electron chi connectivity index (χ2n) is 6.79. The summed E-state index contributed by atoms with van der Waals surface area (Å²) in [6, 6.07) is 3.67. The number of nitrogens with one attached hydrogen (secondary N) is 2. The average molecular weight is 401 g/mol. The first kappa shape index (κ1) is 18.2. The van der Waals surface area contributed by atoms with E-state index < -0.39 is 5.82 Å². The molecule has 9 heteroatoms. The summed E-state index contributed by atoms with van der Waals surface area (Å²) in [5.41, 5.74) is 2.87. The first-order chi connectivity index (χ1) is 13.4. The summed E-state index contributed by atoms with van der Waals surface area (Å²) in [5, 5.41) is 10.3. The van der Waals surface area contributed by atoms with E-state index in [2.05, 4.69) is 20.5 Å². The molecule has 7 nitrogen and oxygen atoms in total. The summed E-state index contributed by atoms with van der Waals surface area (Å²) in [6.45, 7) is 3.95. The highest BCUT2D eigenvalue weighted by Crippen LogP contribution is 2.42. The van der Waals surface area contributed by atoms with E-state index in [1.807, 2.05) is 31.9 Å². The standard InChI is InChI=1S/C19H18ClFN6O/c1-10(2)26(3)19-17(21)16(20)15(12-6-23-25-18(12)19)11-4-5-14-24-13(22-9-28)8-27(14)7-11/h4-10H,1-3H3,(H,22,28)(H,23,25). The number of imidazole rings is 1. The minimum atomic E-state index is -0.501. The lowest BCUT2D eigenvalue weighted by atomic mass is 10.0. The van der Waals surface area contributed by atoms with Gasteiger partial charge in [-0.25, -0.2) is 9.37 Å². The molecule has 0 bridgehead atoms. The first-order valence-corrected chi connectivity index (χ1v) is 9.06. The number of pyridine rings is 1. The molecule has 1 amide bonds. The number of benzene rings is 1. The summed E-state index contributed by atoms with van der Waals surface area (Å²) in [4.78, 5) is 16.7. The minimum Gasteiger partial charge on any atom is -0.368 e. The quantitative estimate of drug-likeness (QED) is 0.495. The maximum absolute atomic E-state index is 15.3. The van der Waals surface area contributed by atoms with Gasteiger partial charge >= 0.3 is 0 Å². The van der Waals surface area contributed by atoms with Gasteiger partial charge in [0, 0.05) is 35.8 Å². The molecule has 3 aromatic heterocycles. The van der Waals surface area contributed by atoms with Crippen LogP contribution in [0.15, 0.2) is 30.7 Å². The van der Waals surface area contributed by atoms with Crippen LogP contribution in [0.2, 0.25) is 5.02 Å². The molecular weight excluding hydrogens is 383 g/mol. The van der Waals surface area contributed by atoms with Crippen molar-refractivity contribution in [3.63, 3.8) is 0 Å². The molecule has 0 spiro atoms. The number of rotatable bonds is 5. The highest BCUT2D eigenvalue weighted by Gasteiger charge is 2.24. The Morgan fingerprint density at radius 2 is 2.14 bits per heavy atom. The zero-order valence-corrected chi connectivity index (χ0v) is 16.3. The summed E-state index contributed by atoms with van der Waals surface area (Å²) >= 11 is 6.50. The van der Waals surface area contributed by atoms with Crippen LogP contribution in [0, 0.1) is 5.82 Å². The summed E-state index contributed by atoms with van der Waals surface area (Å²) in [6.07, 6.45) is 5.67. The van der Waals surface area contributed by atoms with Gasteiger partial charge in [0.25, 0.3) is 0 Å². The molecule has 28 heavy (non-hydrogen) atoms. The molecule has 1 aromatic carbocycles. The fourth-order valence-electron chi connectivity index (χ4n) is 3.24. The molecule has 0 aliphatic heterocycles. The predicted octanol–water partition coefficient (Wildman–Crippen LogP) is 4.08. The number of anilines is 2. The van der Waals surface area contributed by atoms with E-state index in [0.717, 1.165) is 5.39 Å². The van der Waals surface area contributed by atoms with E-state index in [-0.39, 0.29) is 11.1 Å². The summed E-state index contributed by atoms with van der Waals surface area (Å²) in [7, 11) is 1.82. The van der Waals surface area contributed by atoms with Crippen molar-refractivity contribution < 1.29 is 9.18 Å². The third kappa shape index (κ3) is 2.77. The Morgan fingerprint density at radius 1 is 1.36 bits per heavy atom. The number of amides is 1. The van der Waals surface area contributed by atoms with E-state index in [1.54, 1.807) is 29.1 Å². The van der Waals surface area contributed by atoms with Crippen molar-refractivity contribution >= 4 is 46.1 Å². The zero-order valence-electron chi connectivity index (χ0n) is 15.5. The Hall–Kier alpha value is -3.13. The molecule has 4 rings (SSSR count). The Labute approximate surface area is 165 Å². The fraction of sp³-hybridized carbons (Fsp3) is 0.211. The molecule has 0 saturated heterocycles. The fourth-order valence-corrected chi connectivity index (χ4v) is 3.54. The lowest BCUT2D eigenvalue weighted by Crippen LogP contribution is -2.27. The molecule has 4 aromatic rings. The Kier molecular flexibility index (Phi) is 4.43. The van der Waals surface area contributed by atoms with Gasteiger partial charge in [0.05, 0.1) is 22.9 Å². The van der Waals surface area contributed by atoms with Crippen LogP contribution < -0.4 is 10.2 Å². The Bertz CT molecular complexity index is 1200. The van der Waals surface area contributed by atoms with Gasteiger partial charge in [-0.1, -0.05) is 11.6 Å². The molecule has 0 atom stereocenters. The third-order valence-corrected chi connectivity index (χ3v) is 5.19. The van der Waals surface area contributed by atoms with Crippen molar-refractivity contribution in [2.45, 2.75) is 19.9 Å². The molecule has 0 aliphatic carbocycles. The predicted molar refractivity (Wildman–Crippen MR) is 108 cm³/mol. The minimum absolute atomic E-state index is 0.0297. The Morgan fingerprint density at radius 3 is 2.86 bits per heavy atom. The van der Waals surface area contributed by atoms with Gasteiger partial charge in [-0.3, -0.25) is 9.89 Å². The number of hydrogen-bond donors (Lipinski definition) is 2. The zero-order chi connectivity index (χ0) is 20.0. The number of aromatic amines is 1. The maximum atomic E-state index is 15.3. The van der Waals surface area contributed by atoms with Crippen molar-refractivity contribution in [1.29, 1.82) is 0 Å². The summed E-state index contributed by atoms with van der Waals surface area (Å²) < 4.78 is 17.0. The van der Waals surface area contributed by atoms with Crippen molar-refractivity contribution in [3.8, 4) is 11.1 Å². The van der Waals surface area contributed by atoms with Crippen LogP contribution in [0.25, 0.3) is 27.7 Å². The van der Waals surface area contributed by atoms with Gasteiger partial charge in [0.2, 0.25) is 6.41 Å². The monoisotopic (exact) mass is 400 g/mol. The lowest BCUT2D eigenvalue weighted by Gasteiger charge is -2.26. The number of nitrogens with zero attached hydrogens (tertiary/aromatic N) is 4. The van der Waals surface area contributed by atoms with E-state index in [4.69, 9.17) is 11.6 Å². The van der Waals surface area contributed by atoms with Crippen LogP contribution in [0.5, 0.6) is 0 Å². The van der Waals surface area contributed by atoms with Crippen molar-refractivity contribution in [3.05, 3.63) is 41.6 Å². The first-order valence-electron chi connectivity index (χ1n) is 8.68. The van der Waals surface area contributed by atoms with Gasteiger partial charge < -0.3 is 14.6 Å². The van der Waals surface area contributed by atoms with E-state index in [9.17, 15) is 4.79 Å². The van der Waals surface area contributed by atoms with E-state index in [0.29, 0.717) is 40.2 Å². The molecule has 0 saturated carbocycles. The third-order valence-electron chi connectivity index (χ3n) is 4.84. The highest BCUT2D eigenvalue weighted by molar-refractivity contribution is 6.36. The van der Waals surface area contributed by atoms with Crippen molar-refractivity contribution in [1.82, 2.24) is 19.6 Å². The second-order valence-corrected chi connectivity index (χ2v) is 7.16.